The van der Waals surface area contributed by atoms with Gasteiger partial charge in [0.05, 0.1) is 11.1 Å². The molecule has 0 aliphatic carbocycles. The molecule has 0 bridgehead atoms. The SMILES string of the molecule is CCN(CC)CC1NC(c2c[nH]c3ncc(-c4ccccc4)cc23)=C(C)S1. The molecule has 0 saturated heterocycles. The number of fused-ring (bicyclic) bond motifs is 1. The first-order valence-corrected chi connectivity index (χ1v) is 10.5. The first-order valence-electron chi connectivity index (χ1n) is 9.59. The topological polar surface area (TPSA) is 44.0 Å². The summed E-state index contributed by atoms with van der Waals surface area (Å²) < 4.78 is 0. The highest BCUT2D eigenvalue weighted by Gasteiger charge is 2.25. The summed E-state index contributed by atoms with van der Waals surface area (Å²) in [4.78, 5) is 11.8. The third-order valence-electron chi connectivity index (χ3n) is 5.20. The molecule has 1 aromatic carbocycles. The van der Waals surface area contributed by atoms with Gasteiger partial charge >= 0.3 is 0 Å². The first kappa shape index (κ1) is 18.1. The van der Waals surface area contributed by atoms with Crippen molar-refractivity contribution >= 4 is 28.5 Å². The van der Waals surface area contributed by atoms with Crippen LogP contribution in [0.15, 0.2) is 53.7 Å². The summed E-state index contributed by atoms with van der Waals surface area (Å²) >= 11 is 1.93. The van der Waals surface area contributed by atoms with E-state index in [2.05, 4.69) is 77.5 Å². The number of rotatable bonds is 6. The van der Waals surface area contributed by atoms with Crippen LogP contribution in [-0.2, 0) is 0 Å². The predicted octanol–water partition coefficient (Wildman–Crippen LogP) is 4.92. The molecule has 0 saturated carbocycles. The molecule has 3 heterocycles. The lowest BCUT2D eigenvalue weighted by atomic mass is 10.0. The van der Waals surface area contributed by atoms with Crippen molar-refractivity contribution in [2.24, 2.45) is 0 Å². The molecule has 0 amide bonds. The number of benzene rings is 1. The van der Waals surface area contributed by atoms with Crippen molar-refractivity contribution in [3.63, 3.8) is 0 Å². The van der Waals surface area contributed by atoms with Crippen LogP contribution in [0.4, 0.5) is 0 Å². The molecule has 2 aromatic heterocycles. The maximum absolute atomic E-state index is 4.65. The van der Waals surface area contributed by atoms with Crippen molar-refractivity contribution < 1.29 is 0 Å². The fraction of sp³-hybridized carbons (Fsp3) is 0.318. The van der Waals surface area contributed by atoms with Crippen LogP contribution in [0.2, 0.25) is 0 Å². The number of pyridine rings is 1. The van der Waals surface area contributed by atoms with Crippen LogP contribution in [0.5, 0.6) is 0 Å². The van der Waals surface area contributed by atoms with Crippen molar-refractivity contribution in [2.45, 2.75) is 26.1 Å². The average molecular weight is 379 g/mol. The van der Waals surface area contributed by atoms with Crippen LogP contribution in [0.1, 0.15) is 26.3 Å². The van der Waals surface area contributed by atoms with Crippen molar-refractivity contribution in [2.75, 3.05) is 19.6 Å². The zero-order valence-corrected chi connectivity index (χ0v) is 16.9. The fourth-order valence-corrected chi connectivity index (χ4v) is 4.81. The second-order valence-corrected chi connectivity index (χ2v) is 8.27. The zero-order valence-electron chi connectivity index (χ0n) is 16.1. The highest BCUT2D eigenvalue weighted by atomic mass is 32.2. The van der Waals surface area contributed by atoms with Gasteiger partial charge in [-0.2, -0.15) is 0 Å². The van der Waals surface area contributed by atoms with Gasteiger partial charge in [0, 0.05) is 40.4 Å². The zero-order chi connectivity index (χ0) is 18.8. The molecular formula is C22H26N4S. The Labute approximate surface area is 165 Å². The molecule has 1 aliphatic heterocycles. The first-order chi connectivity index (χ1) is 13.2. The minimum atomic E-state index is 0.398. The van der Waals surface area contributed by atoms with Crippen LogP contribution in [0, 0.1) is 0 Å². The lowest BCUT2D eigenvalue weighted by Gasteiger charge is -2.22. The average Bonchev–Trinajstić information content (AvgIpc) is 3.29. The number of likely N-dealkylation sites (N-methyl/N-ethyl adjacent to an activating group) is 1. The number of nitrogens with zero attached hydrogens (tertiary/aromatic N) is 2. The van der Waals surface area contributed by atoms with E-state index >= 15 is 0 Å². The van der Waals surface area contributed by atoms with Gasteiger partial charge in [-0.05, 0) is 31.6 Å². The Morgan fingerprint density at radius 2 is 1.89 bits per heavy atom. The van der Waals surface area contributed by atoms with Crippen molar-refractivity contribution in [3.05, 3.63) is 59.3 Å². The van der Waals surface area contributed by atoms with E-state index in [9.17, 15) is 0 Å². The third-order valence-corrected chi connectivity index (χ3v) is 6.31. The summed E-state index contributed by atoms with van der Waals surface area (Å²) in [5.41, 5.74) is 5.71. The molecule has 0 spiro atoms. The lowest BCUT2D eigenvalue weighted by Crippen LogP contribution is -2.36. The quantitative estimate of drug-likeness (QED) is 0.639. The van der Waals surface area contributed by atoms with Crippen LogP contribution >= 0.6 is 11.8 Å². The van der Waals surface area contributed by atoms with Gasteiger partial charge in [-0.15, -0.1) is 11.8 Å². The van der Waals surface area contributed by atoms with E-state index in [1.807, 2.05) is 24.0 Å². The molecule has 1 unspecified atom stereocenters. The summed E-state index contributed by atoms with van der Waals surface area (Å²) in [6.07, 6.45) is 4.03. The van der Waals surface area contributed by atoms with E-state index < -0.39 is 0 Å². The van der Waals surface area contributed by atoms with Gasteiger partial charge in [-0.25, -0.2) is 4.98 Å². The number of aromatic nitrogens is 2. The summed E-state index contributed by atoms with van der Waals surface area (Å²) in [6, 6.07) is 12.7. The predicted molar refractivity (Wildman–Crippen MR) is 116 cm³/mol. The molecule has 1 aliphatic rings. The van der Waals surface area contributed by atoms with E-state index in [4.69, 9.17) is 0 Å². The standard InChI is InChI=1S/C22H26N4S/c1-4-26(5-2)14-20-25-21(15(3)27-20)19-13-24-22-18(19)11-17(12-23-22)16-9-7-6-8-10-16/h6-13,20,25H,4-5,14H2,1-3H3,(H,23,24). The Morgan fingerprint density at radius 3 is 2.63 bits per heavy atom. The molecule has 5 heteroatoms. The smallest absolute Gasteiger partial charge is 0.137 e. The van der Waals surface area contributed by atoms with Crippen molar-refractivity contribution in [1.82, 2.24) is 20.2 Å². The number of allylic oxidation sites excluding steroid dienone is 1. The molecule has 4 rings (SSSR count). The van der Waals surface area contributed by atoms with Gasteiger partial charge in [-0.3, -0.25) is 0 Å². The van der Waals surface area contributed by atoms with E-state index in [0.29, 0.717) is 5.37 Å². The summed E-state index contributed by atoms with van der Waals surface area (Å²) in [6.45, 7) is 9.88. The summed E-state index contributed by atoms with van der Waals surface area (Å²) in [5.74, 6) is 0. The van der Waals surface area contributed by atoms with Gasteiger partial charge in [0.15, 0.2) is 0 Å². The van der Waals surface area contributed by atoms with Crippen LogP contribution in [0.3, 0.4) is 0 Å². The second-order valence-electron chi connectivity index (χ2n) is 6.86. The number of hydrogen-bond donors (Lipinski definition) is 2. The lowest BCUT2D eigenvalue weighted by molar-refractivity contribution is 0.301. The van der Waals surface area contributed by atoms with E-state index in [0.717, 1.165) is 30.8 Å². The third kappa shape index (κ3) is 3.62. The van der Waals surface area contributed by atoms with Gasteiger partial charge in [0.25, 0.3) is 0 Å². The van der Waals surface area contributed by atoms with Crippen LogP contribution in [0.25, 0.3) is 27.9 Å². The molecule has 2 N–H and O–H groups in total. The molecular weight excluding hydrogens is 352 g/mol. The second kappa shape index (κ2) is 7.79. The normalized spacial score (nSPS) is 17.1. The maximum atomic E-state index is 4.65. The number of hydrogen-bond acceptors (Lipinski definition) is 4. The maximum Gasteiger partial charge on any atom is 0.137 e. The molecule has 4 nitrogen and oxygen atoms in total. The van der Waals surface area contributed by atoms with Crippen molar-refractivity contribution in [3.8, 4) is 11.1 Å². The van der Waals surface area contributed by atoms with Crippen LogP contribution < -0.4 is 5.32 Å². The molecule has 3 aromatic rings. The largest absolute Gasteiger partial charge is 0.371 e. The minimum absolute atomic E-state index is 0.398. The Hall–Kier alpha value is -2.24. The minimum Gasteiger partial charge on any atom is -0.371 e. The molecule has 0 radical (unpaired) electrons. The highest BCUT2D eigenvalue weighted by molar-refractivity contribution is 8.04. The molecule has 140 valence electrons. The number of aromatic amines is 1. The molecule has 1 atom stereocenters. The highest BCUT2D eigenvalue weighted by Crippen LogP contribution is 2.38. The van der Waals surface area contributed by atoms with E-state index in [1.54, 1.807) is 0 Å². The summed E-state index contributed by atoms with van der Waals surface area (Å²) in [5, 5.41) is 5.31. The Bertz CT molecular complexity index is 957. The van der Waals surface area contributed by atoms with Gasteiger partial charge in [0.2, 0.25) is 0 Å². The van der Waals surface area contributed by atoms with Gasteiger partial charge in [-0.1, -0.05) is 44.2 Å². The molecule has 27 heavy (non-hydrogen) atoms. The Balaban J connectivity index is 1.65. The van der Waals surface area contributed by atoms with Crippen LogP contribution in [-0.4, -0.2) is 39.9 Å². The van der Waals surface area contributed by atoms with Crippen molar-refractivity contribution in [1.29, 1.82) is 0 Å². The number of H-pyrrole nitrogens is 1. The van der Waals surface area contributed by atoms with E-state index in [1.165, 1.54) is 27.1 Å². The number of thioether (sulfide) groups is 1. The molecule has 0 fully saturated rings. The Kier molecular flexibility index (Phi) is 5.23. The monoisotopic (exact) mass is 378 g/mol. The number of nitrogens with one attached hydrogen (secondary N) is 2. The fourth-order valence-electron chi connectivity index (χ4n) is 3.63. The van der Waals surface area contributed by atoms with Gasteiger partial charge in [0.1, 0.15) is 5.65 Å². The van der Waals surface area contributed by atoms with Gasteiger partial charge < -0.3 is 15.2 Å². The summed E-state index contributed by atoms with van der Waals surface area (Å²) in [7, 11) is 0. The van der Waals surface area contributed by atoms with E-state index in [-0.39, 0.29) is 0 Å². The Morgan fingerprint density at radius 1 is 1.11 bits per heavy atom.